The Kier molecular flexibility index (Phi) is 3.53. The summed E-state index contributed by atoms with van der Waals surface area (Å²) in [4.78, 5) is 13.6. The van der Waals surface area contributed by atoms with E-state index in [1.807, 2.05) is 0 Å². The van der Waals surface area contributed by atoms with Crippen molar-refractivity contribution in [2.75, 3.05) is 25.5 Å². The molecule has 2 aliphatic rings. The van der Waals surface area contributed by atoms with Gasteiger partial charge in [0.1, 0.15) is 5.75 Å². The number of hydrogen-bond acceptors (Lipinski definition) is 4. The molecule has 108 valence electrons. The molecule has 5 nitrogen and oxygen atoms in total. The second-order valence-corrected chi connectivity index (χ2v) is 5.51. The zero-order valence-corrected chi connectivity index (χ0v) is 11.6. The molecule has 0 radical (unpaired) electrons. The SMILES string of the molecule is COc1ccc(C(=O)O)cc1NC1CCN2CCCC12. The van der Waals surface area contributed by atoms with E-state index < -0.39 is 5.97 Å². The molecule has 2 heterocycles. The first-order valence-electron chi connectivity index (χ1n) is 7.11. The molecule has 2 unspecified atom stereocenters. The number of nitrogens with one attached hydrogen (secondary N) is 1. The molecule has 2 saturated heterocycles. The van der Waals surface area contributed by atoms with E-state index in [-0.39, 0.29) is 5.56 Å². The van der Waals surface area contributed by atoms with Crippen molar-refractivity contribution in [2.45, 2.75) is 31.3 Å². The van der Waals surface area contributed by atoms with Gasteiger partial charge in [0.2, 0.25) is 0 Å². The number of rotatable bonds is 4. The van der Waals surface area contributed by atoms with Gasteiger partial charge in [0.25, 0.3) is 0 Å². The van der Waals surface area contributed by atoms with Crippen LogP contribution in [0.15, 0.2) is 18.2 Å². The van der Waals surface area contributed by atoms with Crippen molar-refractivity contribution >= 4 is 11.7 Å². The third kappa shape index (κ3) is 2.33. The topological polar surface area (TPSA) is 61.8 Å². The molecule has 2 aliphatic heterocycles. The fraction of sp³-hybridized carbons (Fsp3) is 0.533. The number of nitrogens with zero attached hydrogens (tertiary/aromatic N) is 1. The predicted octanol–water partition coefficient (Wildman–Crippen LogP) is 2.04. The predicted molar refractivity (Wildman–Crippen MR) is 76.6 cm³/mol. The van der Waals surface area contributed by atoms with Crippen molar-refractivity contribution in [3.63, 3.8) is 0 Å². The standard InChI is InChI=1S/C15H20N2O3/c1-20-14-5-4-10(15(18)19)9-12(14)16-11-6-8-17-7-2-3-13(11)17/h4-5,9,11,13,16H,2-3,6-8H2,1H3,(H,18,19). The van der Waals surface area contributed by atoms with Crippen molar-refractivity contribution in [1.82, 2.24) is 4.90 Å². The molecule has 0 saturated carbocycles. The Morgan fingerprint density at radius 3 is 3.00 bits per heavy atom. The van der Waals surface area contributed by atoms with Crippen LogP contribution in [0.3, 0.4) is 0 Å². The van der Waals surface area contributed by atoms with E-state index >= 15 is 0 Å². The molecule has 0 aliphatic carbocycles. The summed E-state index contributed by atoms with van der Waals surface area (Å²) >= 11 is 0. The lowest BCUT2D eigenvalue weighted by atomic mass is 10.1. The third-order valence-corrected chi connectivity index (χ3v) is 4.39. The van der Waals surface area contributed by atoms with Crippen LogP contribution in [0.2, 0.25) is 0 Å². The van der Waals surface area contributed by atoms with Crippen molar-refractivity contribution < 1.29 is 14.6 Å². The first-order chi connectivity index (χ1) is 9.69. The van der Waals surface area contributed by atoms with Crippen molar-refractivity contribution in [2.24, 2.45) is 0 Å². The van der Waals surface area contributed by atoms with Gasteiger partial charge in [-0.3, -0.25) is 4.90 Å². The summed E-state index contributed by atoms with van der Waals surface area (Å²) in [5.74, 6) is -0.212. The molecule has 2 fully saturated rings. The summed E-state index contributed by atoms with van der Waals surface area (Å²) in [7, 11) is 1.61. The molecule has 0 bridgehead atoms. The maximum Gasteiger partial charge on any atom is 0.335 e. The molecular formula is C15H20N2O3. The van der Waals surface area contributed by atoms with Gasteiger partial charge in [-0.15, -0.1) is 0 Å². The average molecular weight is 276 g/mol. The molecule has 1 aromatic carbocycles. The van der Waals surface area contributed by atoms with E-state index in [1.165, 1.54) is 19.4 Å². The van der Waals surface area contributed by atoms with E-state index in [0.29, 0.717) is 17.8 Å². The largest absolute Gasteiger partial charge is 0.495 e. The van der Waals surface area contributed by atoms with Gasteiger partial charge in [-0.25, -0.2) is 4.79 Å². The molecule has 5 heteroatoms. The van der Waals surface area contributed by atoms with Crippen LogP contribution in [-0.4, -0.2) is 48.3 Å². The van der Waals surface area contributed by atoms with Crippen LogP contribution in [-0.2, 0) is 0 Å². The molecule has 3 rings (SSSR count). The highest BCUT2D eigenvalue weighted by molar-refractivity contribution is 5.89. The Bertz CT molecular complexity index is 518. The highest BCUT2D eigenvalue weighted by Crippen LogP contribution is 2.33. The minimum absolute atomic E-state index is 0.287. The summed E-state index contributed by atoms with van der Waals surface area (Å²) in [5.41, 5.74) is 1.07. The van der Waals surface area contributed by atoms with Gasteiger partial charge in [0.05, 0.1) is 18.4 Å². The number of carboxylic acid groups (broad SMARTS) is 1. The maximum absolute atomic E-state index is 11.1. The minimum atomic E-state index is -0.912. The Hall–Kier alpha value is -1.75. The second kappa shape index (κ2) is 5.32. The lowest BCUT2D eigenvalue weighted by Crippen LogP contribution is -2.33. The van der Waals surface area contributed by atoms with Gasteiger partial charge in [-0.2, -0.15) is 0 Å². The van der Waals surface area contributed by atoms with E-state index in [1.54, 1.807) is 25.3 Å². The van der Waals surface area contributed by atoms with E-state index in [0.717, 1.165) is 18.7 Å². The summed E-state index contributed by atoms with van der Waals surface area (Å²) in [6, 6.07) is 5.91. The number of hydrogen-bond donors (Lipinski definition) is 2. The van der Waals surface area contributed by atoms with Gasteiger partial charge < -0.3 is 15.2 Å². The van der Waals surface area contributed by atoms with Gasteiger partial charge in [0.15, 0.2) is 0 Å². The lowest BCUT2D eigenvalue weighted by Gasteiger charge is -2.23. The number of aromatic carboxylic acids is 1. The molecule has 2 atom stereocenters. The Labute approximate surface area is 118 Å². The van der Waals surface area contributed by atoms with Crippen molar-refractivity contribution in [1.29, 1.82) is 0 Å². The van der Waals surface area contributed by atoms with Crippen LogP contribution in [0.5, 0.6) is 5.75 Å². The van der Waals surface area contributed by atoms with Gasteiger partial charge >= 0.3 is 5.97 Å². The molecule has 0 spiro atoms. The maximum atomic E-state index is 11.1. The molecule has 0 amide bonds. The minimum Gasteiger partial charge on any atom is -0.495 e. The fourth-order valence-electron chi connectivity index (χ4n) is 3.40. The van der Waals surface area contributed by atoms with Crippen LogP contribution < -0.4 is 10.1 Å². The summed E-state index contributed by atoms with van der Waals surface area (Å²) in [5, 5.41) is 12.6. The van der Waals surface area contributed by atoms with Crippen molar-refractivity contribution in [3.8, 4) is 5.75 Å². The van der Waals surface area contributed by atoms with Crippen LogP contribution >= 0.6 is 0 Å². The highest BCUT2D eigenvalue weighted by atomic mass is 16.5. The fourth-order valence-corrected chi connectivity index (χ4v) is 3.40. The zero-order chi connectivity index (χ0) is 14.1. The first-order valence-corrected chi connectivity index (χ1v) is 7.11. The number of anilines is 1. The molecule has 1 aromatic rings. The summed E-state index contributed by atoms with van der Waals surface area (Å²) in [6.45, 7) is 2.32. The van der Waals surface area contributed by atoms with Crippen molar-refractivity contribution in [3.05, 3.63) is 23.8 Å². The number of carboxylic acids is 1. The lowest BCUT2D eigenvalue weighted by molar-refractivity contribution is 0.0697. The number of benzene rings is 1. The van der Waals surface area contributed by atoms with E-state index in [4.69, 9.17) is 9.84 Å². The highest BCUT2D eigenvalue weighted by Gasteiger charge is 2.37. The smallest absolute Gasteiger partial charge is 0.335 e. The second-order valence-electron chi connectivity index (χ2n) is 5.51. The quantitative estimate of drug-likeness (QED) is 0.881. The van der Waals surface area contributed by atoms with Crippen LogP contribution in [0.25, 0.3) is 0 Å². The Morgan fingerprint density at radius 1 is 1.40 bits per heavy atom. The first kappa shape index (κ1) is 13.2. The number of ether oxygens (including phenoxy) is 1. The molecule has 20 heavy (non-hydrogen) atoms. The summed E-state index contributed by atoms with van der Waals surface area (Å²) < 4.78 is 5.33. The van der Waals surface area contributed by atoms with E-state index in [9.17, 15) is 4.79 Å². The zero-order valence-electron chi connectivity index (χ0n) is 11.6. The third-order valence-electron chi connectivity index (χ3n) is 4.39. The van der Waals surface area contributed by atoms with Gasteiger partial charge in [0, 0.05) is 18.6 Å². The van der Waals surface area contributed by atoms with Crippen LogP contribution in [0.4, 0.5) is 5.69 Å². The van der Waals surface area contributed by atoms with Gasteiger partial charge in [-0.05, 0) is 44.0 Å². The molecule has 0 aromatic heterocycles. The monoisotopic (exact) mass is 276 g/mol. The average Bonchev–Trinajstić information content (AvgIpc) is 3.03. The summed E-state index contributed by atoms with van der Waals surface area (Å²) in [6.07, 6.45) is 3.58. The normalized spacial score (nSPS) is 25.4. The van der Waals surface area contributed by atoms with Gasteiger partial charge in [-0.1, -0.05) is 0 Å². The number of methoxy groups -OCH3 is 1. The Balaban J connectivity index is 1.82. The van der Waals surface area contributed by atoms with Crippen LogP contribution in [0, 0.1) is 0 Å². The van der Waals surface area contributed by atoms with Crippen LogP contribution in [0.1, 0.15) is 29.6 Å². The number of fused-ring (bicyclic) bond motifs is 1. The van der Waals surface area contributed by atoms with E-state index in [2.05, 4.69) is 10.2 Å². The number of carbonyl (C=O) groups is 1. The molecule has 2 N–H and O–H groups in total. The Morgan fingerprint density at radius 2 is 2.25 bits per heavy atom. The molecular weight excluding hydrogens is 256 g/mol.